The van der Waals surface area contributed by atoms with Gasteiger partial charge in [-0.05, 0) is 45.7 Å². The molecule has 1 atom stereocenters. The lowest BCUT2D eigenvalue weighted by atomic mass is 10.1. The number of hydrogen-bond donors (Lipinski definition) is 1. The van der Waals surface area contributed by atoms with Gasteiger partial charge in [-0.1, -0.05) is 24.3 Å². The van der Waals surface area contributed by atoms with Crippen LogP contribution in [0.2, 0.25) is 0 Å². The summed E-state index contributed by atoms with van der Waals surface area (Å²) in [4.78, 5) is 23.7. The highest BCUT2D eigenvalue weighted by Crippen LogP contribution is 2.10. The van der Waals surface area contributed by atoms with Crippen molar-refractivity contribution in [3.63, 3.8) is 0 Å². The number of carbonyl (C=O) groups is 2. The van der Waals surface area contributed by atoms with Gasteiger partial charge in [0, 0.05) is 0 Å². The predicted octanol–water partition coefficient (Wildman–Crippen LogP) is 2.38. The maximum Gasteiger partial charge on any atom is 0.328 e. The molecule has 0 radical (unpaired) electrons. The van der Waals surface area contributed by atoms with Gasteiger partial charge in [0.15, 0.2) is 0 Å². The number of benzene rings is 1. The molecule has 0 aliphatic carbocycles. The average molecular weight is 277 g/mol. The molecule has 0 aliphatic rings. The summed E-state index contributed by atoms with van der Waals surface area (Å²) in [6.07, 6.45) is 0.264. The summed E-state index contributed by atoms with van der Waals surface area (Å²) >= 11 is 0. The quantitative estimate of drug-likeness (QED) is 0.860. The highest BCUT2D eigenvalue weighted by atomic mass is 16.6. The molecule has 0 saturated carbocycles. The van der Waals surface area contributed by atoms with Gasteiger partial charge in [0.25, 0.3) is 0 Å². The van der Waals surface area contributed by atoms with Crippen LogP contribution in [0, 0.1) is 6.92 Å². The number of rotatable bonds is 4. The summed E-state index contributed by atoms with van der Waals surface area (Å²) in [6, 6.07) is 7.05. The van der Waals surface area contributed by atoms with E-state index in [0.717, 1.165) is 11.1 Å². The highest BCUT2D eigenvalue weighted by molar-refractivity contribution is 5.85. The molecule has 0 spiro atoms. The first-order valence-corrected chi connectivity index (χ1v) is 6.76. The van der Waals surface area contributed by atoms with Gasteiger partial charge in [-0.3, -0.25) is 4.79 Å². The zero-order valence-electron chi connectivity index (χ0n) is 12.8. The van der Waals surface area contributed by atoms with E-state index in [1.807, 2.05) is 31.2 Å². The molecule has 0 bridgehead atoms. The van der Waals surface area contributed by atoms with Crippen molar-refractivity contribution < 1.29 is 14.3 Å². The van der Waals surface area contributed by atoms with E-state index in [1.165, 1.54) is 0 Å². The summed E-state index contributed by atoms with van der Waals surface area (Å²) in [6.45, 7) is 8.98. The first-order valence-electron chi connectivity index (χ1n) is 6.76. The molecule has 110 valence electrons. The van der Waals surface area contributed by atoms with E-state index in [1.54, 1.807) is 27.7 Å². The van der Waals surface area contributed by atoms with Crippen LogP contribution in [0.4, 0.5) is 0 Å². The van der Waals surface area contributed by atoms with Crippen molar-refractivity contribution in [3.05, 3.63) is 35.4 Å². The summed E-state index contributed by atoms with van der Waals surface area (Å²) in [5.41, 5.74) is 1.47. The van der Waals surface area contributed by atoms with Crippen molar-refractivity contribution in [1.82, 2.24) is 5.32 Å². The first-order chi connectivity index (χ1) is 9.19. The second-order valence-corrected chi connectivity index (χ2v) is 5.93. The van der Waals surface area contributed by atoms with E-state index in [0.29, 0.717) is 0 Å². The number of amides is 1. The molecule has 1 rings (SSSR count). The van der Waals surface area contributed by atoms with E-state index in [2.05, 4.69) is 5.32 Å². The smallest absolute Gasteiger partial charge is 0.328 e. The van der Waals surface area contributed by atoms with Gasteiger partial charge in [-0.15, -0.1) is 0 Å². The molecule has 0 heterocycles. The Kier molecular flexibility index (Phi) is 5.31. The fraction of sp³-hybridized carbons (Fsp3) is 0.500. The van der Waals surface area contributed by atoms with E-state index in [-0.39, 0.29) is 12.3 Å². The van der Waals surface area contributed by atoms with Gasteiger partial charge < -0.3 is 10.1 Å². The molecule has 0 aromatic heterocycles. The molecule has 1 aromatic rings. The van der Waals surface area contributed by atoms with E-state index in [9.17, 15) is 9.59 Å². The van der Waals surface area contributed by atoms with Crippen LogP contribution in [0.15, 0.2) is 24.3 Å². The fourth-order valence-electron chi connectivity index (χ4n) is 1.72. The van der Waals surface area contributed by atoms with Crippen LogP contribution < -0.4 is 5.32 Å². The Labute approximate surface area is 120 Å². The SMILES string of the molecule is Cc1ccccc1CC(=O)N[C@H](C)C(=O)OC(C)(C)C. The van der Waals surface area contributed by atoms with Gasteiger partial charge in [-0.2, -0.15) is 0 Å². The Balaban J connectivity index is 2.54. The van der Waals surface area contributed by atoms with Crippen LogP contribution >= 0.6 is 0 Å². The van der Waals surface area contributed by atoms with Gasteiger partial charge in [0.2, 0.25) is 5.91 Å². The second kappa shape index (κ2) is 6.55. The van der Waals surface area contributed by atoms with E-state index in [4.69, 9.17) is 4.74 Å². The molecule has 0 saturated heterocycles. The number of esters is 1. The van der Waals surface area contributed by atoms with E-state index >= 15 is 0 Å². The van der Waals surface area contributed by atoms with Gasteiger partial charge in [0.1, 0.15) is 11.6 Å². The third kappa shape index (κ3) is 5.43. The molecule has 1 amide bonds. The van der Waals surface area contributed by atoms with Crippen molar-refractivity contribution >= 4 is 11.9 Å². The van der Waals surface area contributed by atoms with Crippen LogP contribution in [0.25, 0.3) is 0 Å². The zero-order chi connectivity index (χ0) is 15.3. The molecule has 4 heteroatoms. The topological polar surface area (TPSA) is 55.4 Å². The lowest BCUT2D eigenvalue weighted by molar-refractivity contribution is -0.158. The van der Waals surface area contributed by atoms with E-state index < -0.39 is 17.6 Å². The molecule has 4 nitrogen and oxygen atoms in total. The normalized spacial score (nSPS) is 12.7. The monoisotopic (exact) mass is 277 g/mol. The fourth-order valence-corrected chi connectivity index (χ4v) is 1.72. The maximum atomic E-state index is 11.9. The average Bonchev–Trinajstić information content (AvgIpc) is 2.29. The van der Waals surface area contributed by atoms with Gasteiger partial charge >= 0.3 is 5.97 Å². The Morgan fingerprint density at radius 3 is 2.40 bits per heavy atom. The van der Waals surface area contributed by atoms with Crippen molar-refractivity contribution in [2.75, 3.05) is 0 Å². The van der Waals surface area contributed by atoms with Crippen LogP contribution in [0.1, 0.15) is 38.8 Å². The van der Waals surface area contributed by atoms with Crippen LogP contribution in [0.3, 0.4) is 0 Å². The van der Waals surface area contributed by atoms with Crippen LogP contribution in [-0.4, -0.2) is 23.5 Å². The van der Waals surface area contributed by atoms with Crippen molar-refractivity contribution in [2.24, 2.45) is 0 Å². The lowest BCUT2D eigenvalue weighted by Gasteiger charge is -2.22. The number of carbonyl (C=O) groups excluding carboxylic acids is 2. The third-order valence-corrected chi connectivity index (χ3v) is 2.75. The lowest BCUT2D eigenvalue weighted by Crippen LogP contribution is -2.42. The van der Waals surface area contributed by atoms with Gasteiger partial charge in [-0.25, -0.2) is 4.79 Å². The molecule has 0 unspecified atom stereocenters. The molecule has 20 heavy (non-hydrogen) atoms. The summed E-state index contributed by atoms with van der Waals surface area (Å²) < 4.78 is 5.22. The Morgan fingerprint density at radius 1 is 1.25 bits per heavy atom. The predicted molar refractivity (Wildman–Crippen MR) is 78.3 cm³/mol. The van der Waals surface area contributed by atoms with Crippen molar-refractivity contribution in [2.45, 2.75) is 52.7 Å². The minimum Gasteiger partial charge on any atom is -0.458 e. The summed E-state index contributed by atoms with van der Waals surface area (Å²) in [5.74, 6) is -0.603. The highest BCUT2D eigenvalue weighted by Gasteiger charge is 2.22. The molecular weight excluding hydrogens is 254 g/mol. The Morgan fingerprint density at radius 2 is 1.85 bits per heavy atom. The number of hydrogen-bond acceptors (Lipinski definition) is 3. The maximum absolute atomic E-state index is 11.9. The molecular formula is C16H23NO3. The third-order valence-electron chi connectivity index (χ3n) is 2.75. The first kappa shape index (κ1) is 16.2. The standard InChI is InChI=1S/C16H23NO3/c1-11-8-6-7-9-13(11)10-14(18)17-12(2)15(19)20-16(3,4)5/h6-9,12H,10H2,1-5H3,(H,17,18)/t12-/m1/s1. The molecule has 1 N–H and O–H groups in total. The minimum atomic E-state index is -0.647. The molecule has 1 aromatic carbocycles. The second-order valence-electron chi connectivity index (χ2n) is 5.93. The van der Waals surface area contributed by atoms with Crippen molar-refractivity contribution in [1.29, 1.82) is 0 Å². The van der Waals surface area contributed by atoms with Crippen LogP contribution in [-0.2, 0) is 20.7 Å². The summed E-state index contributed by atoms with van der Waals surface area (Å²) in [7, 11) is 0. The van der Waals surface area contributed by atoms with Gasteiger partial charge in [0.05, 0.1) is 6.42 Å². The largest absolute Gasteiger partial charge is 0.458 e. The molecule has 0 fully saturated rings. The Hall–Kier alpha value is -1.84. The zero-order valence-corrected chi connectivity index (χ0v) is 12.8. The number of ether oxygens (including phenoxy) is 1. The number of nitrogens with one attached hydrogen (secondary N) is 1. The van der Waals surface area contributed by atoms with Crippen LogP contribution in [0.5, 0.6) is 0 Å². The minimum absolute atomic E-state index is 0.183. The number of aryl methyl sites for hydroxylation is 1. The summed E-state index contributed by atoms with van der Waals surface area (Å²) in [5, 5.41) is 2.66. The van der Waals surface area contributed by atoms with Crippen molar-refractivity contribution in [3.8, 4) is 0 Å². The Bertz CT molecular complexity index is 489. The molecule has 0 aliphatic heterocycles.